The Bertz CT molecular complexity index is 489. The van der Waals surface area contributed by atoms with Crippen molar-refractivity contribution in [2.24, 2.45) is 5.10 Å². The largest absolute Gasteiger partial charge is 0.335 e. The summed E-state index contributed by atoms with van der Waals surface area (Å²) >= 11 is 3.36. The molecule has 0 aliphatic carbocycles. The predicted molar refractivity (Wildman–Crippen MR) is 65.5 cm³/mol. The molecule has 82 valence electrons. The Kier molecular flexibility index (Phi) is 3.16. The molecule has 2 aromatic rings. The molecule has 6 nitrogen and oxygen atoms in total. The summed E-state index contributed by atoms with van der Waals surface area (Å²) in [5, 5.41) is 11.3. The van der Waals surface area contributed by atoms with Gasteiger partial charge < -0.3 is 5.84 Å². The number of hydrogen-bond donors (Lipinski definition) is 2. The normalized spacial score (nSPS) is 10.8. The molecule has 7 heteroatoms. The van der Waals surface area contributed by atoms with Crippen LogP contribution in [0.4, 0.5) is 5.95 Å². The lowest BCUT2D eigenvalue weighted by atomic mass is 10.2. The average molecular weight is 281 g/mol. The first-order valence-corrected chi connectivity index (χ1v) is 5.25. The molecule has 16 heavy (non-hydrogen) atoms. The van der Waals surface area contributed by atoms with Crippen molar-refractivity contribution in [1.29, 1.82) is 0 Å². The first-order valence-electron chi connectivity index (χ1n) is 4.45. The minimum absolute atomic E-state index is 0.383. The lowest BCUT2D eigenvalue weighted by Crippen LogP contribution is -2.10. The van der Waals surface area contributed by atoms with E-state index in [9.17, 15) is 0 Å². The molecule has 0 atom stereocenters. The van der Waals surface area contributed by atoms with Gasteiger partial charge in [0.25, 0.3) is 5.95 Å². The van der Waals surface area contributed by atoms with E-state index in [1.54, 1.807) is 6.21 Å². The molecule has 0 fully saturated rings. The van der Waals surface area contributed by atoms with Crippen LogP contribution in [0.15, 0.2) is 40.2 Å². The standard InChI is InChI=1S/C9H9BrN6/c10-8-3-1-7(2-4-8)5-12-14-9-15-13-6-16(9)11/h1-6H,11H2,(H,14,15). The fraction of sp³-hybridized carbons (Fsp3) is 0. The SMILES string of the molecule is Nn1cnnc1NN=Cc1ccc(Br)cc1. The van der Waals surface area contributed by atoms with Gasteiger partial charge in [0.2, 0.25) is 0 Å². The number of nitrogens with zero attached hydrogens (tertiary/aromatic N) is 4. The van der Waals surface area contributed by atoms with Gasteiger partial charge in [-0.1, -0.05) is 28.1 Å². The summed E-state index contributed by atoms with van der Waals surface area (Å²) in [6.45, 7) is 0. The molecule has 0 aliphatic rings. The van der Waals surface area contributed by atoms with Gasteiger partial charge in [0.15, 0.2) is 0 Å². The fourth-order valence-corrected chi connectivity index (χ4v) is 1.30. The van der Waals surface area contributed by atoms with Crippen molar-refractivity contribution >= 4 is 28.1 Å². The zero-order valence-electron chi connectivity index (χ0n) is 8.21. The van der Waals surface area contributed by atoms with E-state index in [-0.39, 0.29) is 0 Å². The van der Waals surface area contributed by atoms with E-state index in [1.807, 2.05) is 24.3 Å². The molecular formula is C9H9BrN6. The Morgan fingerprint density at radius 3 is 2.75 bits per heavy atom. The molecule has 1 aromatic heterocycles. The number of nitrogens with two attached hydrogens (primary N) is 1. The van der Waals surface area contributed by atoms with Crippen molar-refractivity contribution in [1.82, 2.24) is 14.9 Å². The zero-order chi connectivity index (χ0) is 11.4. The van der Waals surface area contributed by atoms with E-state index in [1.165, 1.54) is 11.0 Å². The van der Waals surface area contributed by atoms with Gasteiger partial charge in [-0.2, -0.15) is 5.10 Å². The van der Waals surface area contributed by atoms with Gasteiger partial charge in [-0.3, -0.25) is 0 Å². The Labute approximate surface area is 100 Å². The van der Waals surface area contributed by atoms with Gasteiger partial charge in [-0.05, 0) is 17.7 Å². The fourth-order valence-electron chi connectivity index (χ4n) is 1.04. The van der Waals surface area contributed by atoms with Crippen LogP contribution in [0.25, 0.3) is 0 Å². The molecule has 0 saturated carbocycles. The number of hydrogen-bond acceptors (Lipinski definition) is 5. The van der Waals surface area contributed by atoms with Crippen LogP contribution in [-0.2, 0) is 0 Å². The quantitative estimate of drug-likeness (QED) is 0.503. The van der Waals surface area contributed by atoms with Crippen molar-refractivity contribution in [2.75, 3.05) is 11.3 Å². The van der Waals surface area contributed by atoms with Gasteiger partial charge in [-0.15, -0.1) is 10.2 Å². The minimum Gasteiger partial charge on any atom is -0.335 e. The third-order valence-electron chi connectivity index (χ3n) is 1.82. The van der Waals surface area contributed by atoms with Crippen LogP contribution in [0.5, 0.6) is 0 Å². The average Bonchev–Trinajstić information content (AvgIpc) is 2.68. The zero-order valence-corrected chi connectivity index (χ0v) is 9.79. The Morgan fingerprint density at radius 1 is 1.38 bits per heavy atom. The molecule has 0 unspecified atom stereocenters. The predicted octanol–water partition coefficient (Wildman–Crippen LogP) is 1.20. The third-order valence-corrected chi connectivity index (χ3v) is 2.35. The van der Waals surface area contributed by atoms with E-state index in [0.717, 1.165) is 10.0 Å². The molecule has 0 amide bonds. The highest BCUT2D eigenvalue weighted by Crippen LogP contribution is 2.09. The molecule has 0 bridgehead atoms. The monoisotopic (exact) mass is 280 g/mol. The lowest BCUT2D eigenvalue weighted by molar-refractivity contribution is 0.988. The van der Waals surface area contributed by atoms with Crippen LogP contribution in [0.3, 0.4) is 0 Å². The molecule has 1 heterocycles. The maximum Gasteiger partial charge on any atom is 0.263 e. The van der Waals surface area contributed by atoms with E-state index >= 15 is 0 Å². The van der Waals surface area contributed by atoms with Gasteiger partial charge in [-0.25, -0.2) is 10.1 Å². The van der Waals surface area contributed by atoms with Crippen molar-refractivity contribution in [3.8, 4) is 0 Å². The molecule has 2 rings (SSSR count). The summed E-state index contributed by atoms with van der Waals surface area (Å²) in [7, 11) is 0. The minimum atomic E-state index is 0.383. The molecule has 0 saturated heterocycles. The van der Waals surface area contributed by atoms with Crippen LogP contribution < -0.4 is 11.3 Å². The first kappa shape index (κ1) is 10.6. The summed E-state index contributed by atoms with van der Waals surface area (Å²) in [6, 6.07) is 7.74. The lowest BCUT2D eigenvalue weighted by Gasteiger charge is -1.97. The van der Waals surface area contributed by atoms with Gasteiger partial charge in [0, 0.05) is 4.47 Å². The van der Waals surface area contributed by atoms with Gasteiger partial charge >= 0.3 is 0 Å². The first-order chi connectivity index (χ1) is 7.75. The van der Waals surface area contributed by atoms with Crippen LogP contribution in [0, 0.1) is 0 Å². The summed E-state index contributed by atoms with van der Waals surface area (Å²) in [4.78, 5) is 0. The van der Waals surface area contributed by atoms with E-state index in [2.05, 4.69) is 36.7 Å². The second kappa shape index (κ2) is 4.75. The van der Waals surface area contributed by atoms with E-state index in [0.29, 0.717) is 5.95 Å². The Balaban J connectivity index is 2.00. The molecule has 3 N–H and O–H groups in total. The van der Waals surface area contributed by atoms with E-state index in [4.69, 9.17) is 5.84 Å². The summed E-state index contributed by atoms with van der Waals surface area (Å²) in [5.41, 5.74) is 3.65. The number of halogens is 1. The van der Waals surface area contributed by atoms with Gasteiger partial charge in [0.1, 0.15) is 6.33 Å². The van der Waals surface area contributed by atoms with Crippen LogP contribution in [0.2, 0.25) is 0 Å². The number of nitrogen functional groups attached to an aromatic ring is 1. The Hall–Kier alpha value is -1.89. The number of nitrogens with one attached hydrogen (secondary N) is 1. The number of hydrazone groups is 1. The maximum atomic E-state index is 5.49. The Morgan fingerprint density at radius 2 is 2.12 bits per heavy atom. The molecule has 0 spiro atoms. The molecular weight excluding hydrogens is 272 g/mol. The van der Waals surface area contributed by atoms with Crippen molar-refractivity contribution in [3.05, 3.63) is 40.6 Å². The number of anilines is 1. The third kappa shape index (κ3) is 2.57. The second-order valence-electron chi connectivity index (χ2n) is 2.98. The van der Waals surface area contributed by atoms with Crippen LogP contribution in [0.1, 0.15) is 5.56 Å². The van der Waals surface area contributed by atoms with Crippen molar-refractivity contribution < 1.29 is 0 Å². The number of benzene rings is 1. The molecule has 0 aliphatic heterocycles. The molecule has 0 radical (unpaired) electrons. The summed E-state index contributed by atoms with van der Waals surface area (Å²) < 4.78 is 2.28. The highest BCUT2D eigenvalue weighted by Gasteiger charge is 1.96. The number of aromatic nitrogens is 3. The highest BCUT2D eigenvalue weighted by molar-refractivity contribution is 9.10. The van der Waals surface area contributed by atoms with E-state index < -0.39 is 0 Å². The summed E-state index contributed by atoms with van der Waals surface area (Å²) in [5.74, 6) is 5.87. The van der Waals surface area contributed by atoms with Crippen LogP contribution in [-0.4, -0.2) is 21.1 Å². The topological polar surface area (TPSA) is 81.1 Å². The van der Waals surface area contributed by atoms with Gasteiger partial charge in [0.05, 0.1) is 6.21 Å². The number of rotatable bonds is 3. The second-order valence-corrected chi connectivity index (χ2v) is 3.90. The summed E-state index contributed by atoms with van der Waals surface area (Å²) in [6.07, 6.45) is 3.05. The smallest absolute Gasteiger partial charge is 0.263 e. The maximum absolute atomic E-state index is 5.49. The molecule has 1 aromatic carbocycles. The van der Waals surface area contributed by atoms with Crippen molar-refractivity contribution in [3.63, 3.8) is 0 Å². The highest BCUT2D eigenvalue weighted by atomic mass is 79.9. The van der Waals surface area contributed by atoms with Crippen LogP contribution >= 0.6 is 15.9 Å². The van der Waals surface area contributed by atoms with Crippen molar-refractivity contribution in [2.45, 2.75) is 0 Å².